The second-order valence-corrected chi connectivity index (χ2v) is 7.41. The Labute approximate surface area is 172 Å². The number of nitrogens with zero attached hydrogens (tertiary/aromatic N) is 6. The molecular weight excluding hydrogens is 392 g/mol. The SMILES string of the molecule is Cc1noc(-c2cncn(CCC(=O)N3CCN(C(=O)C4CCCO4)CC3)c2=O)n1. The van der Waals surface area contributed by atoms with Crippen molar-refractivity contribution in [2.75, 3.05) is 32.8 Å². The molecule has 1 unspecified atom stereocenters. The summed E-state index contributed by atoms with van der Waals surface area (Å²) in [5.41, 5.74) is -0.139. The molecule has 0 bridgehead atoms. The summed E-state index contributed by atoms with van der Waals surface area (Å²) >= 11 is 0. The van der Waals surface area contributed by atoms with Crippen molar-refractivity contribution in [1.29, 1.82) is 0 Å². The Balaban J connectivity index is 1.31. The highest BCUT2D eigenvalue weighted by molar-refractivity contribution is 5.82. The number of rotatable bonds is 5. The van der Waals surface area contributed by atoms with Crippen molar-refractivity contribution in [1.82, 2.24) is 29.5 Å². The van der Waals surface area contributed by atoms with E-state index in [9.17, 15) is 14.4 Å². The molecule has 2 aliphatic rings. The van der Waals surface area contributed by atoms with Crippen LogP contribution in [-0.2, 0) is 20.9 Å². The Bertz CT molecular complexity index is 972. The van der Waals surface area contributed by atoms with Gasteiger partial charge in [-0.05, 0) is 19.8 Å². The van der Waals surface area contributed by atoms with E-state index in [-0.39, 0.29) is 47.9 Å². The van der Waals surface area contributed by atoms with Crippen molar-refractivity contribution >= 4 is 11.8 Å². The zero-order valence-electron chi connectivity index (χ0n) is 16.8. The van der Waals surface area contributed by atoms with Crippen molar-refractivity contribution in [3.63, 3.8) is 0 Å². The number of piperazine rings is 1. The standard InChI is InChI=1S/C19H24N6O5/c1-13-21-17(30-22-13)14-11-20-12-25(18(14)27)5-4-16(26)23-6-8-24(9-7-23)19(28)15-3-2-10-29-15/h11-12,15H,2-10H2,1H3. The zero-order valence-corrected chi connectivity index (χ0v) is 16.8. The molecule has 2 aromatic rings. The number of hydrogen-bond donors (Lipinski definition) is 0. The van der Waals surface area contributed by atoms with Crippen LogP contribution in [0.15, 0.2) is 21.8 Å². The summed E-state index contributed by atoms with van der Waals surface area (Å²) in [5.74, 6) is 0.486. The number of hydrogen-bond acceptors (Lipinski definition) is 8. The van der Waals surface area contributed by atoms with Gasteiger partial charge in [0.15, 0.2) is 5.82 Å². The fourth-order valence-corrected chi connectivity index (χ4v) is 3.69. The molecule has 0 spiro atoms. The van der Waals surface area contributed by atoms with E-state index in [2.05, 4.69) is 15.1 Å². The van der Waals surface area contributed by atoms with Gasteiger partial charge in [-0.15, -0.1) is 0 Å². The highest BCUT2D eigenvalue weighted by Crippen LogP contribution is 2.16. The van der Waals surface area contributed by atoms with Crippen LogP contribution in [0.5, 0.6) is 0 Å². The molecule has 160 valence electrons. The van der Waals surface area contributed by atoms with Crippen LogP contribution >= 0.6 is 0 Å². The molecule has 0 aliphatic carbocycles. The molecule has 2 aromatic heterocycles. The minimum atomic E-state index is -0.339. The van der Waals surface area contributed by atoms with Gasteiger partial charge in [-0.1, -0.05) is 5.16 Å². The van der Waals surface area contributed by atoms with Crippen molar-refractivity contribution in [3.05, 3.63) is 28.7 Å². The summed E-state index contributed by atoms with van der Waals surface area (Å²) in [7, 11) is 0. The second kappa shape index (κ2) is 8.74. The topological polar surface area (TPSA) is 124 Å². The summed E-state index contributed by atoms with van der Waals surface area (Å²) in [4.78, 5) is 49.2. The fourth-order valence-electron chi connectivity index (χ4n) is 3.69. The highest BCUT2D eigenvalue weighted by atomic mass is 16.5. The van der Waals surface area contributed by atoms with E-state index in [0.717, 1.165) is 12.8 Å². The normalized spacial score (nSPS) is 19.3. The van der Waals surface area contributed by atoms with Gasteiger partial charge < -0.3 is 19.1 Å². The van der Waals surface area contributed by atoms with E-state index in [4.69, 9.17) is 9.26 Å². The van der Waals surface area contributed by atoms with Crippen LogP contribution in [0, 0.1) is 6.92 Å². The first-order valence-electron chi connectivity index (χ1n) is 10.1. The van der Waals surface area contributed by atoms with Gasteiger partial charge in [-0.25, -0.2) is 4.98 Å². The molecule has 30 heavy (non-hydrogen) atoms. The van der Waals surface area contributed by atoms with Gasteiger partial charge in [0.2, 0.25) is 5.91 Å². The van der Waals surface area contributed by atoms with E-state index in [1.165, 1.54) is 17.1 Å². The summed E-state index contributed by atoms with van der Waals surface area (Å²) in [5, 5.41) is 3.68. The second-order valence-electron chi connectivity index (χ2n) is 7.41. The third kappa shape index (κ3) is 4.25. The molecule has 0 N–H and O–H groups in total. The van der Waals surface area contributed by atoms with Gasteiger partial charge in [-0.2, -0.15) is 4.98 Å². The molecule has 11 nitrogen and oxygen atoms in total. The van der Waals surface area contributed by atoms with E-state index in [1.54, 1.807) is 16.7 Å². The van der Waals surface area contributed by atoms with Crippen LogP contribution in [0.3, 0.4) is 0 Å². The minimum Gasteiger partial charge on any atom is -0.368 e. The van der Waals surface area contributed by atoms with E-state index in [0.29, 0.717) is 38.6 Å². The number of amides is 2. The first-order chi connectivity index (χ1) is 14.5. The van der Waals surface area contributed by atoms with Crippen LogP contribution in [0.2, 0.25) is 0 Å². The van der Waals surface area contributed by atoms with E-state index in [1.807, 2.05) is 0 Å². The minimum absolute atomic E-state index is 0.0188. The zero-order chi connectivity index (χ0) is 21.1. The average molecular weight is 416 g/mol. The molecular formula is C19H24N6O5. The number of aromatic nitrogens is 4. The molecule has 2 aliphatic heterocycles. The summed E-state index contributed by atoms with van der Waals surface area (Å²) in [6.07, 6.45) is 4.27. The lowest BCUT2D eigenvalue weighted by Gasteiger charge is -2.35. The van der Waals surface area contributed by atoms with Crippen LogP contribution in [-0.4, -0.2) is 80.2 Å². The first-order valence-corrected chi connectivity index (χ1v) is 10.1. The number of carbonyl (C=O) groups excluding carboxylic acids is 2. The Kier molecular flexibility index (Phi) is 5.88. The van der Waals surface area contributed by atoms with E-state index < -0.39 is 0 Å². The van der Waals surface area contributed by atoms with Gasteiger partial charge in [0.25, 0.3) is 17.4 Å². The molecule has 2 saturated heterocycles. The van der Waals surface area contributed by atoms with Gasteiger partial charge >= 0.3 is 0 Å². The molecule has 0 saturated carbocycles. The molecule has 4 rings (SSSR count). The molecule has 1 atom stereocenters. The number of aryl methyl sites for hydroxylation is 2. The Morgan fingerprint density at radius 2 is 1.97 bits per heavy atom. The predicted octanol–water partition coefficient (Wildman–Crippen LogP) is -0.158. The van der Waals surface area contributed by atoms with Crippen molar-refractivity contribution in [2.45, 2.75) is 38.8 Å². The van der Waals surface area contributed by atoms with Crippen molar-refractivity contribution in [2.24, 2.45) is 0 Å². The van der Waals surface area contributed by atoms with Crippen LogP contribution in [0.4, 0.5) is 0 Å². The summed E-state index contributed by atoms with van der Waals surface area (Å²) in [6.45, 7) is 4.44. The van der Waals surface area contributed by atoms with Crippen LogP contribution in [0.25, 0.3) is 11.5 Å². The fraction of sp³-hybridized carbons (Fsp3) is 0.579. The van der Waals surface area contributed by atoms with Gasteiger partial charge in [0.1, 0.15) is 11.7 Å². The molecule has 0 aromatic carbocycles. The Hall–Kier alpha value is -3.08. The molecule has 0 radical (unpaired) electrons. The maximum absolute atomic E-state index is 12.6. The highest BCUT2D eigenvalue weighted by Gasteiger charge is 2.31. The lowest BCUT2D eigenvalue weighted by atomic mass is 10.2. The van der Waals surface area contributed by atoms with Crippen LogP contribution in [0.1, 0.15) is 25.1 Å². The Morgan fingerprint density at radius 1 is 1.20 bits per heavy atom. The van der Waals surface area contributed by atoms with Crippen molar-refractivity contribution in [3.8, 4) is 11.5 Å². The number of ether oxygens (including phenoxy) is 1. The van der Waals surface area contributed by atoms with Gasteiger partial charge in [-0.3, -0.25) is 19.0 Å². The maximum Gasteiger partial charge on any atom is 0.266 e. The quantitative estimate of drug-likeness (QED) is 0.659. The number of carbonyl (C=O) groups is 2. The lowest BCUT2D eigenvalue weighted by molar-refractivity contribution is -0.146. The third-order valence-corrected chi connectivity index (χ3v) is 5.37. The Morgan fingerprint density at radius 3 is 2.63 bits per heavy atom. The molecule has 11 heteroatoms. The molecule has 4 heterocycles. The summed E-state index contributed by atoms with van der Waals surface area (Å²) in [6, 6.07) is 0. The van der Waals surface area contributed by atoms with Gasteiger partial charge in [0.05, 0.1) is 6.33 Å². The maximum atomic E-state index is 12.6. The largest absolute Gasteiger partial charge is 0.368 e. The molecule has 2 fully saturated rings. The molecule has 2 amide bonds. The van der Waals surface area contributed by atoms with Gasteiger partial charge in [0, 0.05) is 51.9 Å². The summed E-state index contributed by atoms with van der Waals surface area (Å²) < 4.78 is 11.9. The lowest BCUT2D eigenvalue weighted by Crippen LogP contribution is -2.53. The monoisotopic (exact) mass is 416 g/mol. The predicted molar refractivity (Wildman–Crippen MR) is 103 cm³/mol. The van der Waals surface area contributed by atoms with Crippen LogP contribution < -0.4 is 5.56 Å². The van der Waals surface area contributed by atoms with E-state index >= 15 is 0 Å². The smallest absolute Gasteiger partial charge is 0.266 e. The first kappa shape index (κ1) is 20.2. The third-order valence-electron chi connectivity index (χ3n) is 5.37. The average Bonchev–Trinajstić information content (AvgIpc) is 3.44. The van der Waals surface area contributed by atoms with Crippen molar-refractivity contribution < 1.29 is 18.8 Å².